The van der Waals surface area contributed by atoms with Gasteiger partial charge in [-0.25, -0.2) is 5.01 Å². The Balaban J connectivity index is 1.69. The number of carbonyl (C=O) groups is 3. The van der Waals surface area contributed by atoms with Gasteiger partial charge in [-0.3, -0.25) is 24.5 Å². The van der Waals surface area contributed by atoms with Crippen molar-refractivity contribution >= 4 is 35.0 Å². The number of fused-ring (bicyclic) bond motifs is 1. The largest absolute Gasteiger partial charge is 0.273 e. The molecule has 1 saturated heterocycles. The van der Waals surface area contributed by atoms with Crippen molar-refractivity contribution in [3.05, 3.63) is 74.8 Å². The maximum absolute atomic E-state index is 13.3. The van der Waals surface area contributed by atoms with Crippen LogP contribution in [0.3, 0.4) is 0 Å². The van der Waals surface area contributed by atoms with E-state index < -0.39 is 22.7 Å². The van der Waals surface area contributed by atoms with Gasteiger partial charge in [0, 0.05) is 22.7 Å². The molecule has 2 atom stereocenters. The Morgan fingerprint density at radius 3 is 2.06 bits per heavy atom. The van der Waals surface area contributed by atoms with Crippen LogP contribution in [0.5, 0.6) is 0 Å². The lowest BCUT2D eigenvalue weighted by molar-refractivity contribution is -0.384. The summed E-state index contributed by atoms with van der Waals surface area (Å²) in [5.74, 6) is -2.05. The van der Waals surface area contributed by atoms with E-state index in [0.29, 0.717) is 23.4 Å². The third-order valence-electron chi connectivity index (χ3n) is 5.86. The molecule has 0 unspecified atom stereocenters. The van der Waals surface area contributed by atoms with Crippen molar-refractivity contribution in [3.63, 3.8) is 0 Å². The number of rotatable bonds is 5. The summed E-state index contributed by atoms with van der Waals surface area (Å²) in [6.07, 6.45) is 3.02. The first-order chi connectivity index (χ1) is 14.9. The van der Waals surface area contributed by atoms with Crippen molar-refractivity contribution < 1.29 is 19.3 Å². The quantitative estimate of drug-likeness (QED) is 0.397. The number of hydrogen-bond donors (Lipinski definition) is 0. The standard InChI is InChI=1S/C22H20ClN3O5/c23-16-9-7-15(8-10-16)20(27)24(13-14-5-11-17(12-6-14)26(30)31)25-21(28)18-3-1-2-4-19(18)22(25)29/h5-12,18-19H,1-4,13H2/t18-,19-/m0/s1. The molecular formula is C22H20ClN3O5. The van der Waals surface area contributed by atoms with E-state index >= 15 is 0 Å². The van der Waals surface area contributed by atoms with Crippen molar-refractivity contribution in [2.75, 3.05) is 0 Å². The highest BCUT2D eigenvalue weighted by Gasteiger charge is 2.51. The second-order valence-corrected chi connectivity index (χ2v) is 8.22. The van der Waals surface area contributed by atoms with Crippen LogP contribution in [0.15, 0.2) is 48.5 Å². The van der Waals surface area contributed by atoms with Crippen LogP contribution in [0.2, 0.25) is 5.02 Å². The van der Waals surface area contributed by atoms with Crippen LogP contribution in [0.1, 0.15) is 41.6 Å². The van der Waals surface area contributed by atoms with Gasteiger partial charge in [-0.15, -0.1) is 0 Å². The Labute approximate surface area is 183 Å². The Morgan fingerprint density at radius 2 is 1.55 bits per heavy atom. The van der Waals surface area contributed by atoms with Gasteiger partial charge in [0.15, 0.2) is 0 Å². The summed E-state index contributed by atoms with van der Waals surface area (Å²) in [4.78, 5) is 50.0. The number of nitro benzene ring substituents is 1. The van der Waals surface area contributed by atoms with Gasteiger partial charge >= 0.3 is 0 Å². The summed E-state index contributed by atoms with van der Waals surface area (Å²) < 4.78 is 0. The van der Waals surface area contributed by atoms with Crippen molar-refractivity contribution in [2.24, 2.45) is 11.8 Å². The number of imide groups is 1. The molecule has 3 amide bonds. The van der Waals surface area contributed by atoms with Gasteiger partial charge in [0.05, 0.1) is 23.3 Å². The highest BCUT2D eigenvalue weighted by molar-refractivity contribution is 6.30. The van der Waals surface area contributed by atoms with E-state index in [1.54, 1.807) is 12.1 Å². The van der Waals surface area contributed by atoms with Gasteiger partial charge < -0.3 is 0 Å². The second-order valence-electron chi connectivity index (χ2n) is 7.78. The number of halogens is 1. The lowest BCUT2D eigenvalue weighted by Gasteiger charge is -2.30. The number of carbonyl (C=O) groups excluding carboxylic acids is 3. The molecule has 1 aliphatic carbocycles. The fourth-order valence-corrected chi connectivity index (χ4v) is 4.38. The third kappa shape index (κ3) is 4.03. The smallest absolute Gasteiger partial charge is 0.272 e. The normalized spacial score (nSPS) is 20.5. The fourth-order valence-electron chi connectivity index (χ4n) is 4.25. The van der Waals surface area contributed by atoms with Crippen molar-refractivity contribution in [2.45, 2.75) is 32.2 Å². The van der Waals surface area contributed by atoms with Gasteiger partial charge in [-0.1, -0.05) is 36.6 Å². The van der Waals surface area contributed by atoms with Crippen LogP contribution in [0.25, 0.3) is 0 Å². The van der Waals surface area contributed by atoms with Crippen LogP contribution < -0.4 is 0 Å². The van der Waals surface area contributed by atoms with E-state index in [1.807, 2.05) is 0 Å². The van der Waals surface area contributed by atoms with E-state index in [-0.39, 0.29) is 29.6 Å². The van der Waals surface area contributed by atoms with Gasteiger partial charge in [-0.05, 0) is 42.7 Å². The zero-order valence-electron chi connectivity index (χ0n) is 16.6. The number of amides is 3. The average molecular weight is 442 g/mol. The molecule has 1 heterocycles. The molecule has 2 aliphatic rings. The van der Waals surface area contributed by atoms with E-state index in [9.17, 15) is 24.5 Å². The topological polar surface area (TPSA) is 101 Å². The zero-order valence-corrected chi connectivity index (χ0v) is 17.3. The molecule has 0 N–H and O–H groups in total. The van der Waals surface area contributed by atoms with E-state index in [2.05, 4.69) is 0 Å². The molecule has 1 aliphatic heterocycles. The molecule has 0 spiro atoms. The molecule has 4 rings (SSSR count). The van der Waals surface area contributed by atoms with Crippen molar-refractivity contribution in [1.29, 1.82) is 0 Å². The molecule has 0 aromatic heterocycles. The van der Waals surface area contributed by atoms with Gasteiger partial charge in [-0.2, -0.15) is 5.01 Å². The molecule has 2 fully saturated rings. The number of hydrogen-bond acceptors (Lipinski definition) is 5. The maximum atomic E-state index is 13.3. The summed E-state index contributed by atoms with van der Waals surface area (Å²) in [6.45, 7) is -0.0730. The minimum absolute atomic E-state index is 0.0730. The number of non-ortho nitro benzene ring substituents is 1. The Morgan fingerprint density at radius 1 is 1.00 bits per heavy atom. The van der Waals surface area contributed by atoms with Crippen LogP contribution in [0.4, 0.5) is 5.69 Å². The number of benzene rings is 2. The number of nitrogens with zero attached hydrogens (tertiary/aromatic N) is 3. The first kappa shape index (κ1) is 21.0. The van der Waals surface area contributed by atoms with Gasteiger partial charge in [0.2, 0.25) is 0 Å². The monoisotopic (exact) mass is 441 g/mol. The van der Waals surface area contributed by atoms with Gasteiger partial charge in [0.25, 0.3) is 23.4 Å². The first-order valence-electron chi connectivity index (χ1n) is 10.1. The number of nitro groups is 1. The summed E-state index contributed by atoms with van der Waals surface area (Å²) in [5, 5.41) is 13.5. The highest BCUT2D eigenvalue weighted by atomic mass is 35.5. The van der Waals surface area contributed by atoms with Crippen LogP contribution in [-0.2, 0) is 16.1 Å². The van der Waals surface area contributed by atoms with E-state index in [0.717, 1.165) is 22.9 Å². The third-order valence-corrected chi connectivity index (χ3v) is 6.12. The molecule has 2 aromatic rings. The zero-order chi connectivity index (χ0) is 22.1. The van der Waals surface area contributed by atoms with Crippen LogP contribution in [0, 0.1) is 22.0 Å². The summed E-state index contributed by atoms with van der Waals surface area (Å²) in [5.41, 5.74) is 0.754. The lowest BCUT2D eigenvalue weighted by Crippen LogP contribution is -2.49. The minimum Gasteiger partial charge on any atom is -0.272 e. The Bertz CT molecular complexity index is 1010. The predicted octanol–water partition coefficient (Wildman–Crippen LogP) is 3.98. The van der Waals surface area contributed by atoms with Crippen LogP contribution in [-0.4, -0.2) is 32.7 Å². The molecule has 0 radical (unpaired) electrons. The first-order valence-corrected chi connectivity index (χ1v) is 10.4. The summed E-state index contributed by atoms with van der Waals surface area (Å²) >= 11 is 5.92. The molecule has 31 heavy (non-hydrogen) atoms. The SMILES string of the molecule is O=C(c1ccc(Cl)cc1)N(Cc1ccc([N+](=O)[O-])cc1)N1C(=O)[C@H]2CCCC[C@@H]2C1=O. The Kier molecular flexibility index (Phi) is 5.73. The van der Waals surface area contributed by atoms with E-state index in [1.165, 1.54) is 36.4 Å². The molecule has 9 heteroatoms. The predicted molar refractivity (Wildman–Crippen MR) is 112 cm³/mol. The molecule has 0 bridgehead atoms. The molecule has 8 nitrogen and oxygen atoms in total. The van der Waals surface area contributed by atoms with Gasteiger partial charge in [0.1, 0.15) is 0 Å². The molecule has 160 valence electrons. The summed E-state index contributed by atoms with van der Waals surface area (Å²) in [6, 6.07) is 11.9. The van der Waals surface area contributed by atoms with Crippen molar-refractivity contribution in [3.8, 4) is 0 Å². The maximum Gasteiger partial charge on any atom is 0.273 e. The Hall–Kier alpha value is -3.26. The molecule has 1 saturated carbocycles. The van der Waals surface area contributed by atoms with Crippen molar-refractivity contribution in [1.82, 2.24) is 10.0 Å². The second kappa shape index (κ2) is 8.47. The fraction of sp³-hybridized carbons (Fsp3) is 0.318. The highest BCUT2D eigenvalue weighted by Crippen LogP contribution is 2.39. The molecular weight excluding hydrogens is 422 g/mol. The minimum atomic E-state index is -0.518. The number of hydrazine groups is 1. The average Bonchev–Trinajstić information content (AvgIpc) is 3.03. The van der Waals surface area contributed by atoms with E-state index in [4.69, 9.17) is 11.6 Å². The lowest BCUT2D eigenvalue weighted by atomic mass is 9.81. The van der Waals surface area contributed by atoms with Crippen LogP contribution >= 0.6 is 11.6 Å². The summed E-state index contributed by atoms with van der Waals surface area (Å²) in [7, 11) is 0. The molecule has 2 aromatic carbocycles.